The fourth-order valence-electron chi connectivity index (χ4n) is 2.92. The molecule has 2 N–H and O–H groups in total. The minimum Gasteiger partial charge on any atom is -0.359 e. The molecule has 138 valence electrons. The first kappa shape index (κ1) is 17.3. The smallest absolute Gasteiger partial charge is 0.359 e. The van der Waals surface area contributed by atoms with Crippen LogP contribution in [0.2, 0.25) is 0 Å². The Bertz CT molecular complexity index is 1180. The summed E-state index contributed by atoms with van der Waals surface area (Å²) in [6, 6.07) is 7.14. The van der Waals surface area contributed by atoms with Gasteiger partial charge in [0.15, 0.2) is 11.6 Å². The third-order valence-electron chi connectivity index (χ3n) is 4.31. The maximum absolute atomic E-state index is 13.5. The summed E-state index contributed by atoms with van der Waals surface area (Å²) >= 11 is 0. The third kappa shape index (κ3) is 3.07. The average molecular weight is 377 g/mol. The Kier molecular flexibility index (Phi) is 3.80. The van der Waals surface area contributed by atoms with Crippen LogP contribution in [0.3, 0.4) is 0 Å². The predicted octanol–water partition coefficient (Wildman–Crippen LogP) is 6.07. The normalized spacial score (nSPS) is 12.1. The molecule has 0 amide bonds. The SMILES string of the molecule is Cc1cc2ccc(C(F)(F)F)cc2nc1Nc1c[nH]c2cc(F)c(F)cc12. The van der Waals surface area contributed by atoms with E-state index >= 15 is 0 Å². The Balaban J connectivity index is 1.79. The summed E-state index contributed by atoms with van der Waals surface area (Å²) in [4.78, 5) is 7.09. The molecule has 0 saturated carbocycles. The predicted molar refractivity (Wildman–Crippen MR) is 93.0 cm³/mol. The quantitative estimate of drug-likeness (QED) is 0.417. The lowest BCUT2D eigenvalue weighted by atomic mass is 10.1. The summed E-state index contributed by atoms with van der Waals surface area (Å²) in [6.45, 7) is 1.75. The molecular formula is C19H12F5N3. The second-order valence-electron chi connectivity index (χ2n) is 6.20. The van der Waals surface area contributed by atoms with Crippen LogP contribution in [0.15, 0.2) is 42.6 Å². The molecule has 2 heterocycles. The van der Waals surface area contributed by atoms with Crippen LogP contribution in [-0.2, 0) is 6.18 Å². The van der Waals surface area contributed by atoms with E-state index in [1.54, 1.807) is 13.0 Å². The zero-order valence-corrected chi connectivity index (χ0v) is 13.9. The van der Waals surface area contributed by atoms with Gasteiger partial charge in [0.2, 0.25) is 0 Å². The second-order valence-corrected chi connectivity index (χ2v) is 6.20. The zero-order chi connectivity index (χ0) is 19.3. The number of anilines is 2. The van der Waals surface area contributed by atoms with E-state index < -0.39 is 23.4 Å². The molecule has 0 saturated heterocycles. The molecule has 0 spiro atoms. The Hall–Kier alpha value is -3.16. The van der Waals surface area contributed by atoms with Gasteiger partial charge in [0.25, 0.3) is 0 Å². The fraction of sp³-hybridized carbons (Fsp3) is 0.105. The number of nitrogens with one attached hydrogen (secondary N) is 2. The summed E-state index contributed by atoms with van der Waals surface area (Å²) in [7, 11) is 0. The van der Waals surface area contributed by atoms with Crippen LogP contribution in [0, 0.1) is 18.6 Å². The van der Waals surface area contributed by atoms with Crippen molar-refractivity contribution in [1.29, 1.82) is 0 Å². The highest BCUT2D eigenvalue weighted by atomic mass is 19.4. The molecule has 3 nitrogen and oxygen atoms in total. The number of hydrogen-bond donors (Lipinski definition) is 2. The van der Waals surface area contributed by atoms with E-state index in [0.29, 0.717) is 33.4 Å². The first-order valence-corrected chi connectivity index (χ1v) is 7.94. The summed E-state index contributed by atoms with van der Waals surface area (Å²) in [6.07, 6.45) is -2.95. The molecule has 0 radical (unpaired) electrons. The van der Waals surface area contributed by atoms with Crippen LogP contribution < -0.4 is 5.32 Å². The van der Waals surface area contributed by atoms with Crippen molar-refractivity contribution in [2.45, 2.75) is 13.1 Å². The first-order valence-electron chi connectivity index (χ1n) is 7.94. The van der Waals surface area contributed by atoms with Crippen molar-refractivity contribution in [3.8, 4) is 0 Å². The fourth-order valence-corrected chi connectivity index (χ4v) is 2.92. The molecule has 27 heavy (non-hydrogen) atoms. The number of hydrogen-bond acceptors (Lipinski definition) is 2. The highest BCUT2D eigenvalue weighted by Crippen LogP contribution is 2.33. The molecule has 0 aliphatic carbocycles. The lowest BCUT2D eigenvalue weighted by Crippen LogP contribution is -2.05. The van der Waals surface area contributed by atoms with Gasteiger partial charge in [-0.1, -0.05) is 6.07 Å². The molecule has 0 aliphatic heterocycles. The van der Waals surface area contributed by atoms with Crippen molar-refractivity contribution >= 4 is 33.3 Å². The van der Waals surface area contributed by atoms with Gasteiger partial charge in [-0.15, -0.1) is 0 Å². The minimum absolute atomic E-state index is 0.176. The lowest BCUT2D eigenvalue weighted by Gasteiger charge is -2.11. The molecule has 8 heteroatoms. The molecule has 0 atom stereocenters. The van der Waals surface area contributed by atoms with Gasteiger partial charge in [0.05, 0.1) is 22.3 Å². The van der Waals surface area contributed by atoms with Gasteiger partial charge < -0.3 is 10.3 Å². The van der Waals surface area contributed by atoms with Crippen molar-refractivity contribution < 1.29 is 22.0 Å². The number of nitrogens with zero attached hydrogens (tertiary/aromatic N) is 1. The number of aromatic amines is 1. The van der Waals surface area contributed by atoms with Crippen molar-refractivity contribution in [2.24, 2.45) is 0 Å². The van der Waals surface area contributed by atoms with Crippen LogP contribution in [0.4, 0.5) is 33.5 Å². The number of benzene rings is 2. The second kappa shape index (κ2) is 5.94. The summed E-state index contributed by atoms with van der Waals surface area (Å²) < 4.78 is 65.7. The van der Waals surface area contributed by atoms with Gasteiger partial charge in [-0.05, 0) is 36.8 Å². The molecule has 0 fully saturated rings. The van der Waals surface area contributed by atoms with Gasteiger partial charge in [0.1, 0.15) is 5.82 Å². The summed E-state index contributed by atoms with van der Waals surface area (Å²) in [5.41, 5.74) is 0.899. The van der Waals surface area contributed by atoms with Crippen LogP contribution in [0.1, 0.15) is 11.1 Å². The van der Waals surface area contributed by atoms with E-state index in [9.17, 15) is 22.0 Å². The van der Waals surface area contributed by atoms with Crippen molar-refractivity contribution in [3.05, 3.63) is 65.4 Å². The Morgan fingerprint density at radius 1 is 1.00 bits per heavy atom. The van der Waals surface area contributed by atoms with E-state index in [2.05, 4.69) is 15.3 Å². The van der Waals surface area contributed by atoms with E-state index in [1.807, 2.05) is 0 Å². The number of rotatable bonds is 2. The number of fused-ring (bicyclic) bond motifs is 2. The maximum atomic E-state index is 13.5. The van der Waals surface area contributed by atoms with E-state index in [-0.39, 0.29) is 5.52 Å². The Labute approximate surface area is 149 Å². The van der Waals surface area contributed by atoms with Gasteiger partial charge in [-0.2, -0.15) is 13.2 Å². The van der Waals surface area contributed by atoms with Crippen molar-refractivity contribution in [2.75, 3.05) is 5.32 Å². The molecule has 0 unspecified atom stereocenters. The van der Waals surface area contributed by atoms with Gasteiger partial charge >= 0.3 is 6.18 Å². The first-order chi connectivity index (χ1) is 12.7. The Morgan fingerprint density at radius 3 is 2.48 bits per heavy atom. The Morgan fingerprint density at radius 2 is 1.74 bits per heavy atom. The van der Waals surface area contributed by atoms with Gasteiger partial charge in [-0.25, -0.2) is 13.8 Å². The molecule has 4 rings (SSSR count). The van der Waals surface area contributed by atoms with E-state index in [1.165, 1.54) is 12.3 Å². The van der Waals surface area contributed by atoms with Crippen LogP contribution >= 0.6 is 0 Å². The maximum Gasteiger partial charge on any atom is 0.416 e. The van der Waals surface area contributed by atoms with E-state index in [4.69, 9.17) is 0 Å². The number of pyridine rings is 1. The molecule has 4 aromatic rings. The summed E-state index contributed by atoms with van der Waals surface area (Å²) in [5, 5.41) is 3.95. The minimum atomic E-state index is -4.47. The van der Waals surface area contributed by atoms with Crippen molar-refractivity contribution in [1.82, 2.24) is 9.97 Å². The van der Waals surface area contributed by atoms with E-state index in [0.717, 1.165) is 24.3 Å². The third-order valence-corrected chi connectivity index (χ3v) is 4.31. The van der Waals surface area contributed by atoms with Crippen LogP contribution in [-0.4, -0.2) is 9.97 Å². The topological polar surface area (TPSA) is 40.7 Å². The highest BCUT2D eigenvalue weighted by Gasteiger charge is 2.30. The van der Waals surface area contributed by atoms with Crippen molar-refractivity contribution in [3.63, 3.8) is 0 Å². The zero-order valence-electron chi connectivity index (χ0n) is 13.9. The monoisotopic (exact) mass is 377 g/mol. The lowest BCUT2D eigenvalue weighted by molar-refractivity contribution is -0.137. The average Bonchev–Trinajstić information content (AvgIpc) is 2.96. The highest BCUT2D eigenvalue weighted by molar-refractivity contribution is 5.94. The molecule has 0 aliphatic rings. The number of H-pyrrole nitrogens is 1. The number of halogens is 5. The largest absolute Gasteiger partial charge is 0.416 e. The molecule has 2 aromatic heterocycles. The number of aromatic nitrogens is 2. The number of alkyl halides is 3. The standard InChI is InChI=1S/C19H12F5N3/c1-9-4-10-2-3-11(19(22,23)24)5-15(10)26-18(9)27-17-8-25-16-7-14(21)13(20)6-12(16)17/h2-8,25H,1H3,(H,26,27). The summed E-state index contributed by atoms with van der Waals surface area (Å²) in [5.74, 6) is -1.65. The molecule has 0 bridgehead atoms. The van der Waals surface area contributed by atoms with Gasteiger partial charge in [-0.3, -0.25) is 0 Å². The molecular weight excluding hydrogens is 365 g/mol. The van der Waals surface area contributed by atoms with Crippen LogP contribution in [0.5, 0.6) is 0 Å². The van der Waals surface area contributed by atoms with Crippen LogP contribution in [0.25, 0.3) is 21.8 Å². The number of aryl methyl sites for hydroxylation is 1. The van der Waals surface area contributed by atoms with Gasteiger partial charge in [0, 0.05) is 23.0 Å². The molecule has 2 aromatic carbocycles.